The van der Waals surface area contributed by atoms with Crippen LogP contribution in [-0.4, -0.2) is 36.2 Å². The number of rotatable bonds is 6. The standard InChI is InChI=1S/C13H20BrClN2O/c1-9(8-18)17(2)6-5-13(16)11-4-3-10(14)7-12(11)15/h3-4,7,9,13,18H,5-6,8,16H2,1-2H3. The molecule has 0 aliphatic rings. The largest absolute Gasteiger partial charge is 0.395 e. The van der Waals surface area contributed by atoms with E-state index in [1.807, 2.05) is 32.2 Å². The minimum atomic E-state index is -0.0843. The maximum atomic E-state index is 9.06. The second kappa shape index (κ2) is 7.46. The Morgan fingerprint density at radius 2 is 2.17 bits per heavy atom. The fraction of sp³-hybridized carbons (Fsp3) is 0.538. The Kier molecular flexibility index (Phi) is 6.60. The highest BCUT2D eigenvalue weighted by molar-refractivity contribution is 9.10. The Hall–Kier alpha value is -0.130. The molecule has 5 heteroatoms. The van der Waals surface area contributed by atoms with Crippen molar-refractivity contribution in [3.05, 3.63) is 33.3 Å². The second-order valence-electron chi connectivity index (χ2n) is 4.57. The molecule has 0 radical (unpaired) electrons. The van der Waals surface area contributed by atoms with Crippen LogP contribution in [0.4, 0.5) is 0 Å². The average Bonchev–Trinajstić information content (AvgIpc) is 2.34. The van der Waals surface area contributed by atoms with Gasteiger partial charge >= 0.3 is 0 Å². The van der Waals surface area contributed by atoms with Crippen molar-refractivity contribution in [1.82, 2.24) is 4.90 Å². The molecule has 1 rings (SSSR count). The molecule has 1 aromatic carbocycles. The van der Waals surface area contributed by atoms with Crippen molar-refractivity contribution in [2.24, 2.45) is 5.73 Å². The van der Waals surface area contributed by atoms with Crippen LogP contribution in [0.3, 0.4) is 0 Å². The van der Waals surface area contributed by atoms with Crippen LogP contribution in [0.2, 0.25) is 5.02 Å². The third-order valence-electron chi connectivity index (χ3n) is 3.17. The van der Waals surface area contributed by atoms with Gasteiger partial charge in [-0.15, -0.1) is 0 Å². The fourth-order valence-corrected chi connectivity index (χ4v) is 2.47. The van der Waals surface area contributed by atoms with Crippen LogP contribution in [0.1, 0.15) is 24.9 Å². The van der Waals surface area contributed by atoms with Gasteiger partial charge in [0.2, 0.25) is 0 Å². The zero-order valence-electron chi connectivity index (χ0n) is 10.7. The Morgan fingerprint density at radius 1 is 1.50 bits per heavy atom. The van der Waals surface area contributed by atoms with Crippen LogP contribution < -0.4 is 5.73 Å². The Labute approximate surface area is 122 Å². The molecule has 3 nitrogen and oxygen atoms in total. The van der Waals surface area contributed by atoms with Crippen molar-refractivity contribution in [2.75, 3.05) is 20.2 Å². The zero-order valence-corrected chi connectivity index (χ0v) is 13.1. The third-order valence-corrected chi connectivity index (χ3v) is 3.99. The number of aliphatic hydroxyl groups is 1. The highest BCUT2D eigenvalue weighted by Gasteiger charge is 2.13. The number of aliphatic hydroxyl groups excluding tert-OH is 1. The summed E-state index contributed by atoms with van der Waals surface area (Å²) in [5, 5.41) is 9.75. The average molecular weight is 336 g/mol. The molecule has 0 fully saturated rings. The molecule has 0 bridgehead atoms. The Balaban J connectivity index is 2.57. The quantitative estimate of drug-likeness (QED) is 0.840. The lowest BCUT2D eigenvalue weighted by Crippen LogP contribution is -2.34. The van der Waals surface area contributed by atoms with E-state index in [0.717, 1.165) is 23.0 Å². The second-order valence-corrected chi connectivity index (χ2v) is 5.90. The number of hydrogen-bond donors (Lipinski definition) is 2. The van der Waals surface area contributed by atoms with Gasteiger partial charge in [0.1, 0.15) is 0 Å². The molecule has 0 spiro atoms. The van der Waals surface area contributed by atoms with Crippen LogP contribution >= 0.6 is 27.5 Å². The van der Waals surface area contributed by atoms with Gasteiger partial charge in [-0.25, -0.2) is 0 Å². The van der Waals surface area contributed by atoms with Gasteiger partial charge in [0.25, 0.3) is 0 Å². The minimum Gasteiger partial charge on any atom is -0.395 e. The number of nitrogens with zero attached hydrogens (tertiary/aromatic N) is 1. The molecule has 18 heavy (non-hydrogen) atoms. The smallest absolute Gasteiger partial charge is 0.0584 e. The lowest BCUT2D eigenvalue weighted by molar-refractivity contribution is 0.156. The fourth-order valence-electron chi connectivity index (χ4n) is 1.66. The highest BCUT2D eigenvalue weighted by Crippen LogP contribution is 2.27. The van der Waals surface area contributed by atoms with Gasteiger partial charge in [0, 0.05) is 28.1 Å². The summed E-state index contributed by atoms with van der Waals surface area (Å²) in [5.41, 5.74) is 7.11. The van der Waals surface area contributed by atoms with E-state index in [1.54, 1.807) is 0 Å². The van der Waals surface area contributed by atoms with Crippen LogP contribution in [0.15, 0.2) is 22.7 Å². The molecule has 3 N–H and O–H groups in total. The molecule has 0 heterocycles. The van der Waals surface area contributed by atoms with Crippen molar-refractivity contribution in [3.8, 4) is 0 Å². The number of nitrogens with two attached hydrogens (primary N) is 1. The molecule has 0 aliphatic heterocycles. The van der Waals surface area contributed by atoms with Gasteiger partial charge in [-0.1, -0.05) is 33.6 Å². The van der Waals surface area contributed by atoms with E-state index in [2.05, 4.69) is 20.8 Å². The summed E-state index contributed by atoms with van der Waals surface area (Å²) in [7, 11) is 1.98. The van der Waals surface area contributed by atoms with E-state index >= 15 is 0 Å². The zero-order chi connectivity index (χ0) is 13.7. The van der Waals surface area contributed by atoms with Gasteiger partial charge in [-0.05, 0) is 38.1 Å². The first-order chi connectivity index (χ1) is 8.45. The molecular weight excluding hydrogens is 316 g/mol. The first kappa shape index (κ1) is 15.9. The summed E-state index contributed by atoms with van der Waals surface area (Å²) in [5.74, 6) is 0. The lowest BCUT2D eigenvalue weighted by atomic mass is 10.0. The molecule has 0 aliphatic carbocycles. The van der Waals surface area contributed by atoms with Crippen LogP contribution in [0.25, 0.3) is 0 Å². The van der Waals surface area contributed by atoms with Crippen molar-refractivity contribution >= 4 is 27.5 Å². The van der Waals surface area contributed by atoms with E-state index in [0.29, 0.717) is 5.02 Å². The van der Waals surface area contributed by atoms with E-state index < -0.39 is 0 Å². The normalized spacial score (nSPS) is 14.8. The molecule has 0 amide bonds. The van der Waals surface area contributed by atoms with Gasteiger partial charge in [0.05, 0.1) is 6.61 Å². The summed E-state index contributed by atoms with van der Waals surface area (Å²) in [4.78, 5) is 2.09. The molecule has 0 saturated heterocycles. The summed E-state index contributed by atoms with van der Waals surface area (Å²) < 4.78 is 0.953. The number of benzene rings is 1. The Morgan fingerprint density at radius 3 is 2.72 bits per heavy atom. The third kappa shape index (κ3) is 4.52. The van der Waals surface area contributed by atoms with E-state index in [1.165, 1.54) is 0 Å². The van der Waals surface area contributed by atoms with Crippen molar-refractivity contribution in [1.29, 1.82) is 0 Å². The number of likely N-dealkylation sites (N-methyl/N-ethyl adjacent to an activating group) is 1. The van der Waals surface area contributed by atoms with Gasteiger partial charge in [0.15, 0.2) is 0 Å². The first-order valence-electron chi connectivity index (χ1n) is 5.97. The van der Waals surface area contributed by atoms with Gasteiger partial charge < -0.3 is 15.7 Å². The summed E-state index contributed by atoms with van der Waals surface area (Å²) >= 11 is 9.54. The molecule has 1 aromatic rings. The molecular formula is C13H20BrClN2O. The first-order valence-corrected chi connectivity index (χ1v) is 7.14. The number of halogens is 2. The van der Waals surface area contributed by atoms with Crippen LogP contribution in [0.5, 0.6) is 0 Å². The SMILES string of the molecule is CC(CO)N(C)CCC(N)c1ccc(Br)cc1Cl. The number of hydrogen-bond acceptors (Lipinski definition) is 3. The van der Waals surface area contributed by atoms with E-state index in [-0.39, 0.29) is 18.7 Å². The Bertz CT molecular complexity index is 389. The van der Waals surface area contributed by atoms with Crippen LogP contribution in [0, 0.1) is 0 Å². The van der Waals surface area contributed by atoms with Crippen molar-refractivity contribution in [3.63, 3.8) is 0 Å². The molecule has 0 saturated carbocycles. The molecule has 2 atom stereocenters. The topological polar surface area (TPSA) is 49.5 Å². The molecule has 2 unspecified atom stereocenters. The maximum Gasteiger partial charge on any atom is 0.0584 e. The predicted molar refractivity (Wildman–Crippen MR) is 79.9 cm³/mol. The van der Waals surface area contributed by atoms with Crippen LogP contribution in [-0.2, 0) is 0 Å². The lowest BCUT2D eigenvalue weighted by Gasteiger charge is -2.24. The summed E-state index contributed by atoms with van der Waals surface area (Å²) in [6.45, 7) is 2.97. The van der Waals surface area contributed by atoms with Crippen molar-refractivity contribution in [2.45, 2.75) is 25.4 Å². The maximum absolute atomic E-state index is 9.06. The summed E-state index contributed by atoms with van der Waals surface area (Å²) in [6, 6.07) is 5.82. The predicted octanol–water partition coefficient (Wildman–Crippen LogP) is 2.81. The van der Waals surface area contributed by atoms with Gasteiger partial charge in [-0.3, -0.25) is 0 Å². The monoisotopic (exact) mass is 334 g/mol. The van der Waals surface area contributed by atoms with Crippen molar-refractivity contribution < 1.29 is 5.11 Å². The van der Waals surface area contributed by atoms with Gasteiger partial charge in [-0.2, -0.15) is 0 Å². The summed E-state index contributed by atoms with van der Waals surface area (Å²) in [6.07, 6.45) is 0.808. The van der Waals surface area contributed by atoms with E-state index in [9.17, 15) is 0 Å². The minimum absolute atomic E-state index is 0.0843. The van der Waals surface area contributed by atoms with E-state index in [4.69, 9.17) is 22.4 Å². The molecule has 102 valence electrons. The highest BCUT2D eigenvalue weighted by atomic mass is 79.9. The molecule has 0 aromatic heterocycles.